The molecule has 3 aromatic rings. The van der Waals surface area contributed by atoms with Crippen molar-refractivity contribution in [3.05, 3.63) is 75.0 Å². The Hall–Kier alpha value is -3.21. The minimum absolute atomic E-state index is 0.0136. The van der Waals surface area contributed by atoms with Crippen LogP contribution < -0.4 is 15.2 Å². The van der Waals surface area contributed by atoms with Crippen molar-refractivity contribution in [2.24, 2.45) is 0 Å². The zero-order chi connectivity index (χ0) is 25.4. The third-order valence-corrected chi connectivity index (χ3v) is 7.49. The number of morpholine rings is 1. The average molecular weight is 523 g/mol. The highest BCUT2D eigenvalue weighted by atomic mass is 32.2. The van der Waals surface area contributed by atoms with E-state index in [4.69, 9.17) is 26.7 Å². The molecule has 10 heteroatoms. The van der Waals surface area contributed by atoms with Crippen LogP contribution in [0.15, 0.2) is 58.4 Å². The zero-order valence-electron chi connectivity index (χ0n) is 20.2. The minimum Gasteiger partial charge on any atom is -0.497 e. The third kappa shape index (κ3) is 4.76. The molecule has 4 heterocycles. The van der Waals surface area contributed by atoms with E-state index in [0.717, 1.165) is 11.3 Å². The molecule has 2 saturated heterocycles. The Bertz CT molecular complexity index is 1410. The fraction of sp³-hybridized carbons (Fsp3) is 0.308. The van der Waals surface area contributed by atoms with Crippen molar-refractivity contribution in [1.29, 1.82) is 0 Å². The molecular weight excluding hydrogens is 496 g/mol. The Labute approximate surface area is 218 Å². The van der Waals surface area contributed by atoms with Crippen LogP contribution in [0.1, 0.15) is 25.0 Å². The summed E-state index contributed by atoms with van der Waals surface area (Å²) in [6.07, 6.45) is 3.30. The van der Waals surface area contributed by atoms with Crippen LogP contribution in [0.25, 0.3) is 11.7 Å². The summed E-state index contributed by atoms with van der Waals surface area (Å²) in [5.74, 6) is 1.06. The average Bonchev–Trinajstić information content (AvgIpc) is 3.12. The van der Waals surface area contributed by atoms with Gasteiger partial charge in [0.05, 0.1) is 36.3 Å². The maximum Gasteiger partial charge on any atom is 0.267 e. The Kier molecular flexibility index (Phi) is 6.83. The number of carbonyl (C=O) groups is 1. The van der Waals surface area contributed by atoms with E-state index in [0.29, 0.717) is 45.9 Å². The third-order valence-electron chi connectivity index (χ3n) is 6.12. The number of fused-ring (bicyclic) bond motifs is 1. The predicted molar refractivity (Wildman–Crippen MR) is 145 cm³/mol. The van der Waals surface area contributed by atoms with E-state index in [9.17, 15) is 9.59 Å². The monoisotopic (exact) mass is 522 g/mol. The number of aromatic nitrogens is 2. The molecule has 36 heavy (non-hydrogen) atoms. The van der Waals surface area contributed by atoms with Crippen LogP contribution in [-0.2, 0) is 16.1 Å². The number of methoxy groups -OCH3 is 1. The van der Waals surface area contributed by atoms with Gasteiger partial charge in [0, 0.05) is 19.3 Å². The Balaban J connectivity index is 1.53. The van der Waals surface area contributed by atoms with E-state index < -0.39 is 0 Å². The SMILES string of the molecule is COc1ccc(CN2C(=O)/C(=C\c3c(N4CC(C)OC(C)C4)nc4ccccn4c3=O)SC2=S)cc1. The summed E-state index contributed by atoms with van der Waals surface area (Å²) >= 11 is 6.73. The molecule has 5 rings (SSSR count). The van der Waals surface area contributed by atoms with Gasteiger partial charge in [-0.1, -0.05) is 42.2 Å². The number of benzene rings is 1. The molecule has 0 N–H and O–H groups in total. The van der Waals surface area contributed by atoms with Crippen LogP contribution >= 0.6 is 24.0 Å². The minimum atomic E-state index is -0.233. The topological polar surface area (TPSA) is 76.4 Å². The van der Waals surface area contributed by atoms with E-state index >= 15 is 0 Å². The Morgan fingerprint density at radius 1 is 1.14 bits per heavy atom. The molecule has 2 aromatic heterocycles. The summed E-state index contributed by atoms with van der Waals surface area (Å²) in [6.45, 7) is 5.53. The van der Waals surface area contributed by atoms with Crippen molar-refractivity contribution >= 4 is 51.7 Å². The van der Waals surface area contributed by atoms with Crippen LogP contribution in [0, 0.1) is 0 Å². The predicted octanol–water partition coefficient (Wildman–Crippen LogP) is 3.72. The first-order valence-electron chi connectivity index (χ1n) is 11.6. The summed E-state index contributed by atoms with van der Waals surface area (Å²) in [5.41, 5.74) is 1.61. The molecule has 186 valence electrons. The van der Waals surface area contributed by atoms with Gasteiger partial charge in [0.25, 0.3) is 11.5 Å². The van der Waals surface area contributed by atoms with Crippen LogP contribution in [0.5, 0.6) is 5.75 Å². The molecule has 1 amide bonds. The standard InChI is InChI=1S/C26H26N4O4S2/c1-16-13-28(14-17(2)34-16)23-20(24(31)29-11-5-4-6-22(29)27-23)12-21-25(32)30(26(35)36-21)15-18-7-9-19(33-3)10-8-18/h4-12,16-17H,13-15H2,1-3H3/b21-12+. The van der Waals surface area contributed by atoms with Gasteiger partial charge in [0.15, 0.2) is 0 Å². The number of anilines is 1. The number of amides is 1. The summed E-state index contributed by atoms with van der Waals surface area (Å²) in [6, 6.07) is 12.9. The highest BCUT2D eigenvalue weighted by molar-refractivity contribution is 8.26. The van der Waals surface area contributed by atoms with Crippen LogP contribution in [0.2, 0.25) is 0 Å². The Morgan fingerprint density at radius 3 is 2.56 bits per heavy atom. The molecule has 0 aliphatic carbocycles. The van der Waals surface area contributed by atoms with Crippen LogP contribution in [-0.4, -0.2) is 56.9 Å². The van der Waals surface area contributed by atoms with Crippen molar-refractivity contribution in [3.8, 4) is 5.75 Å². The van der Waals surface area contributed by atoms with E-state index in [1.807, 2.05) is 44.2 Å². The maximum absolute atomic E-state index is 13.6. The normalized spacial score (nSPS) is 21.6. The van der Waals surface area contributed by atoms with E-state index in [2.05, 4.69) is 4.90 Å². The number of carbonyl (C=O) groups excluding carboxylic acids is 1. The van der Waals surface area contributed by atoms with Gasteiger partial charge in [-0.2, -0.15) is 0 Å². The van der Waals surface area contributed by atoms with Crippen molar-refractivity contribution in [2.45, 2.75) is 32.6 Å². The second-order valence-corrected chi connectivity index (χ2v) is 10.5. The van der Waals surface area contributed by atoms with E-state index in [-0.39, 0.29) is 23.7 Å². The lowest BCUT2D eigenvalue weighted by Crippen LogP contribution is -2.46. The van der Waals surface area contributed by atoms with Crippen molar-refractivity contribution in [2.75, 3.05) is 25.1 Å². The van der Waals surface area contributed by atoms with Gasteiger partial charge in [0.1, 0.15) is 21.5 Å². The van der Waals surface area contributed by atoms with Gasteiger partial charge in [-0.05, 0) is 49.8 Å². The first kappa shape index (κ1) is 24.5. The highest BCUT2D eigenvalue weighted by Gasteiger charge is 2.33. The zero-order valence-corrected chi connectivity index (χ0v) is 21.8. The van der Waals surface area contributed by atoms with Gasteiger partial charge in [0.2, 0.25) is 0 Å². The molecule has 2 atom stereocenters. The molecular formula is C26H26N4O4S2. The lowest BCUT2D eigenvalue weighted by atomic mass is 10.1. The largest absolute Gasteiger partial charge is 0.497 e. The number of pyridine rings is 1. The second-order valence-electron chi connectivity index (χ2n) is 8.86. The highest BCUT2D eigenvalue weighted by Crippen LogP contribution is 2.35. The number of thiocarbonyl (C=S) groups is 1. The number of rotatable bonds is 5. The number of hydrogen-bond donors (Lipinski definition) is 0. The summed E-state index contributed by atoms with van der Waals surface area (Å²) in [7, 11) is 1.61. The van der Waals surface area contributed by atoms with Crippen LogP contribution in [0.4, 0.5) is 5.82 Å². The molecule has 0 spiro atoms. The van der Waals surface area contributed by atoms with Crippen LogP contribution in [0.3, 0.4) is 0 Å². The van der Waals surface area contributed by atoms with Gasteiger partial charge in [-0.3, -0.25) is 18.9 Å². The van der Waals surface area contributed by atoms with Crippen molar-refractivity contribution in [1.82, 2.24) is 14.3 Å². The van der Waals surface area contributed by atoms with Crippen molar-refractivity contribution in [3.63, 3.8) is 0 Å². The molecule has 0 saturated carbocycles. The fourth-order valence-electron chi connectivity index (χ4n) is 4.49. The van der Waals surface area contributed by atoms with E-state index in [1.54, 1.807) is 36.4 Å². The summed E-state index contributed by atoms with van der Waals surface area (Å²) in [4.78, 5) is 35.8. The Morgan fingerprint density at radius 2 is 1.86 bits per heavy atom. The molecule has 2 aliphatic rings. The number of ether oxygens (including phenoxy) is 2. The maximum atomic E-state index is 13.6. The fourth-order valence-corrected chi connectivity index (χ4v) is 5.73. The smallest absolute Gasteiger partial charge is 0.267 e. The van der Waals surface area contributed by atoms with Gasteiger partial charge in [-0.25, -0.2) is 4.98 Å². The second kappa shape index (κ2) is 10.0. The quantitative estimate of drug-likeness (QED) is 0.371. The molecule has 0 radical (unpaired) electrons. The lowest BCUT2D eigenvalue weighted by Gasteiger charge is -2.36. The summed E-state index contributed by atoms with van der Waals surface area (Å²) < 4.78 is 13.1. The molecule has 0 bridgehead atoms. The first-order valence-corrected chi connectivity index (χ1v) is 12.9. The van der Waals surface area contributed by atoms with Gasteiger partial charge in [-0.15, -0.1) is 0 Å². The lowest BCUT2D eigenvalue weighted by molar-refractivity contribution is -0.122. The number of thioether (sulfide) groups is 1. The van der Waals surface area contributed by atoms with Gasteiger partial charge < -0.3 is 14.4 Å². The van der Waals surface area contributed by atoms with Gasteiger partial charge >= 0.3 is 0 Å². The summed E-state index contributed by atoms with van der Waals surface area (Å²) in [5, 5.41) is 0. The first-order chi connectivity index (χ1) is 17.3. The molecule has 2 aliphatic heterocycles. The van der Waals surface area contributed by atoms with E-state index in [1.165, 1.54) is 16.2 Å². The molecule has 8 nitrogen and oxygen atoms in total. The molecule has 2 unspecified atom stereocenters. The van der Waals surface area contributed by atoms with Crippen molar-refractivity contribution < 1.29 is 14.3 Å². The number of hydrogen-bond acceptors (Lipinski definition) is 8. The molecule has 1 aromatic carbocycles. The molecule has 2 fully saturated rings. The number of nitrogens with zero attached hydrogens (tertiary/aromatic N) is 4.